The van der Waals surface area contributed by atoms with Gasteiger partial charge in [0, 0.05) is 42.9 Å². The van der Waals surface area contributed by atoms with Crippen molar-refractivity contribution in [1.82, 2.24) is 14.9 Å². The summed E-state index contributed by atoms with van der Waals surface area (Å²) in [5.74, 6) is 1.66. The Morgan fingerprint density at radius 2 is 1.87 bits per heavy atom. The Balaban J connectivity index is 1.43. The van der Waals surface area contributed by atoms with Crippen LogP contribution < -0.4 is 15.0 Å². The van der Waals surface area contributed by atoms with Crippen LogP contribution in [0.25, 0.3) is 5.69 Å². The van der Waals surface area contributed by atoms with Gasteiger partial charge < -0.3 is 24.3 Å². The van der Waals surface area contributed by atoms with Gasteiger partial charge in [0.25, 0.3) is 5.91 Å². The number of hydrogen-bond donors (Lipinski definition) is 1. The molecule has 2 aromatic heterocycles. The lowest BCUT2D eigenvalue weighted by Crippen LogP contribution is -2.36. The predicted molar refractivity (Wildman–Crippen MR) is 120 cm³/mol. The minimum Gasteiger partial charge on any atom is -0.497 e. The fourth-order valence-corrected chi connectivity index (χ4v) is 3.90. The largest absolute Gasteiger partial charge is 0.497 e. The van der Waals surface area contributed by atoms with E-state index in [1.807, 2.05) is 62.5 Å². The second kappa shape index (κ2) is 9.22. The first-order valence-electron chi connectivity index (χ1n) is 10.5. The van der Waals surface area contributed by atoms with Gasteiger partial charge in [0.2, 0.25) is 0 Å². The van der Waals surface area contributed by atoms with E-state index in [1.165, 1.54) is 0 Å². The molecular formula is C24H28N4O3. The Labute approximate surface area is 182 Å². The van der Waals surface area contributed by atoms with E-state index in [9.17, 15) is 4.79 Å². The standard InChI is InChI=1S/C24H28N4O3/c1-17-14-22(18(2)28(17)20-5-7-21(30-3)8-6-20)24(29)26-16-19-4-9-23(25-15-19)27-10-12-31-13-11-27/h4-9,14-15H,10-13,16H2,1-3H3,(H,26,29). The monoisotopic (exact) mass is 420 g/mol. The van der Waals surface area contributed by atoms with Gasteiger partial charge in [0.15, 0.2) is 0 Å². The lowest BCUT2D eigenvalue weighted by Gasteiger charge is -2.27. The number of pyridine rings is 1. The van der Waals surface area contributed by atoms with Crippen LogP contribution in [-0.4, -0.2) is 48.9 Å². The SMILES string of the molecule is COc1ccc(-n2c(C)cc(C(=O)NCc3ccc(N4CCOCC4)nc3)c2C)cc1. The van der Waals surface area contributed by atoms with Crippen LogP contribution >= 0.6 is 0 Å². The number of morpholine rings is 1. The predicted octanol–water partition coefficient (Wildman–Crippen LogP) is 3.26. The summed E-state index contributed by atoms with van der Waals surface area (Å²) in [7, 11) is 1.65. The molecule has 0 atom stereocenters. The molecular weight excluding hydrogens is 392 g/mol. The molecule has 1 aliphatic rings. The molecule has 162 valence electrons. The lowest BCUT2D eigenvalue weighted by molar-refractivity contribution is 0.0950. The molecule has 0 radical (unpaired) electrons. The van der Waals surface area contributed by atoms with Crippen molar-refractivity contribution in [2.75, 3.05) is 38.3 Å². The summed E-state index contributed by atoms with van der Waals surface area (Å²) in [4.78, 5) is 19.6. The maximum Gasteiger partial charge on any atom is 0.253 e. The van der Waals surface area contributed by atoms with Crippen molar-refractivity contribution < 1.29 is 14.3 Å². The molecule has 0 saturated carbocycles. The second-order valence-corrected chi connectivity index (χ2v) is 7.62. The molecule has 0 unspecified atom stereocenters. The van der Waals surface area contributed by atoms with Gasteiger partial charge in [0.1, 0.15) is 11.6 Å². The summed E-state index contributed by atoms with van der Waals surface area (Å²) in [5, 5.41) is 3.02. The molecule has 7 heteroatoms. The van der Waals surface area contributed by atoms with Crippen LogP contribution in [0.1, 0.15) is 27.3 Å². The fourth-order valence-electron chi connectivity index (χ4n) is 3.90. The molecule has 1 saturated heterocycles. The number of carbonyl (C=O) groups excluding carboxylic acids is 1. The third-order valence-electron chi connectivity index (χ3n) is 5.60. The molecule has 0 aliphatic carbocycles. The number of rotatable bonds is 6. The summed E-state index contributed by atoms with van der Waals surface area (Å²) < 4.78 is 12.7. The highest BCUT2D eigenvalue weighted by Crippen LogP contribution is 2.23. The Hall–Kier alpha value is -3.32. The Bertz CT molecular complexity index is 1040. The van der Waals surface area contributed by atoms with Gasteiger partial charge >= 0.3 is 0 Å². The van der Waals surface area contributed by atoms with Gasteiger partial charge in [-0.2, -0.15) is 0 Å². The lowest BCUT2D eigenvalue weighted by atomic mass is 10.2. The molecule has 1 aromatic carbocycles. The zero-order valence-electron chi connectivity index (χ0n) is 18.2. The first-order chi connectivity index (χ1) is 15.1. The van der Waals surface area contributed by atoms with Gasteiger partial charge in [-0.15, -0.1) is 0 Å². The molecule has 31 heavy (non-hydrogen) atoms. The number of benzene rings is 1. The van der Waals surface area contributed by atoms with Crippen LogP contribution in [0.5, 0.6) is 5.75 Å². The molecule has 1 aliphatic heterocycles. The Morgan fingerprint density at radius 1 is 1.13 bits per heavy atom. The first-order valence-corrected chi connectivity index (χ1v) is 10.5. The summed E-state index contributed by atoms with van der Waals surface area (Å²) in [6.45, 7) is 7.57. The number of hydrogen-bond acceptors (Lipinski definition) is 5. The Morgan fingerprint density at radius 3 is 2.52 bits per heavy atom. The molecule has 7 nitrogen and oxygen atoms in total. The average Bonchev–Trinajstić information content (AvgIpc) is 3.12. The van der Waals surface area contributed by atoms with Crippen molar-refractivity contribution in [3.05, 3.63) is 71.2 Å². The smallest absolute Gasteiger partial charge is 0.253 e. The molecule has 3 aromatic rings. The van der Waals surface area contributed by atoms with E-state index in [0.717, 1.165) is 60.5 Å². The summed E-state index contributed by atoms with van der Waals surface area (Å²) in [6, 6.07) is 13.8. The number of nitrogens with one attached hydrogen (secondary N) is 1. The summed E-state index contributed by atoms with van der Waals surface area (Å²) in [5.41, 5.74) is 4.54. The van der Waals surface area contributed by atoms with Crippen molar-refractivity contribution in [3.63, 3.8) is 0 Å². The number of carbonyl (C=O) groups is 1. The number of anilines is 1. The summed E-state index contributed by atoms with van der Waals surface area (Å²) >= 11 is 0. The quantitative estimate of drug-likeness (QED) is 0.663. The van der Waals surface area contributed by atoms with Crippen molar-refractivity contribution in [3.8, 4) is 11.4 Å². The normalized spacial score (nSPS) is 13.8. The molecule has 4 rings (SSSR count). The van der Waals surface area contributed by atoms with Gasteiger partial charge in [0.05, 0.1) is 25.9 Å². The second-order valence-electron chi connectivity index (χ2n) is 7.62. The number of nitrogens with zero attached hydrogens (tertiary/aromatic N) is 3. The maximum atomic E-state index is 12.9. The van der Waals surface area contributed by atoms with Crippen LogP contribution in [0, 0.1) is 13.8 Å². The molecule has 0 bridgehead atoms. The maximum absolute atomic E-state index is 12.9. The first kappa shape index (κ1) is 20.9. The van der Waals surface area contributed by atoms with Crippen LogP contribution in [0.4, 0.5) is 5.82 Å². The number of methoxy groups -OCH3 is 1. The summed E-state index contributed by atoms with van der Waals surface area (Å²) in [6.07, 6.45) is 1.83. The van der Waals surface area contributed by atoms with Gasteiger partial charge in [-0.25, -0.2) is 4.98 Å². The fraction of sp³-hybridized carbons (Fsp3) is 0.333. The van der Waals surface area contributed by atoms with Crippen LogP contribution in [0.15, 0.2) is 48.7 Å². The minimum atomic E-state index is -0.0925. The molecule has 1 amide bonds. The van der Waals surface area contributed by atoms with Crippen LogP contribution in [-0.2, 0) is 11.3 Å². The average molecular weight is 421 g/mol. The van der Waals surface area contributed by atoms with Crippen molar-refractivity contribution in [2.24, 2.45) is 0 Å². The number of ether oxygens (including phenoxy) is 2. The van der Waals surface area contributed by atoms with E-state index in [2.05, 4.69) is 19.8 Å². The topological polar surface area (TPSA) is 68.6 Å². The Kier molecular flexibility index (Phi) is 6.23. The van der Waals surface area contributed by atoms with Crippen molar-refractivity contribution in [2.45, 2.75) is 20.4 Å². The van der Waals surface area contributed by atoms with Gasteiger partial charge in [-0.1, -0.05) is 6.07 Å². The van der Waals surface area contributed by atoms with Crippen LogP contribution in [0.2, 0.25) is 0 Å². The van der Waals surface area contributed by atoms with E-state index < -0.39 is 0 Å². The van der Waals surface area contributed by atoms with E-state index in [4.69, 9.17) is 9.47 Å². The van der Waals surface area contributed by atoms with Crippen LogP contribution in [0.3, 0.4) is 0 Å². The molecule has 3 heterocycles. The van der Waals surface area contributed by atoms with Crippen molar-refractivity contribution >= 4 is 11.7 Å². The third kappa shape index (κ3) is 4.56. The number of amides is 1. The highest BCUT2D eigenvalue weighted by atomic mass is 16.5. The molecule has 1 N–H and O–H groups in total. The number of aromatic nitrogens is 2. The zero-order chi connectivity index (χ0) is 21.8. The minimum absolute atomic E-state index is 0.0925. The number of aryl methyl sites for hydroxylation is 1. The highest BCUT2D eigenvalue weighted by molar-refractivity contribution is 5.95. The van der Waals surface area contributed by atoms with Gasteiger partial charge in [-0.05, 0) is 55.8 Å². The molecule has 0 spiro atoms. The van der Waals surface area contributed by atoms with E-state index >= 15 is 0 Å². The molecule has 1 fully saturated rings. The van der Waals surface area contributed by atoms with E-state index in [1.54, 1.807) is 7.11 Å². The van der Waals surface area contributed by atoms with Crippen molar-refractivity contribution in [1.29, 1.82) is 0 Å². The third-order valence-corrected chi connectivity index (χ3v) is 5.60. The van der Waals surface area contributed by atoms with Gasteiger partial charge in [-0.3, -0.25) is 4.79 Å². The van der Waals surface area contributed by atoms with E-state index in [-0.39, 0.29) is 5.91 Å². The van der Waals surface area contributed by atoms with E-state index in [0.29, 0.717) is 12.1 Å². The zero-order valence-corrected chi connectivity index (χ0v) is 18.2. The highest BCUT2D eigenvalue weighted by Gasteiger charge is 2.17.